The highest BCUT2D eigenvalue weighted by Crippen LogP contribution is 2.15. The van der Waals surface area contributed by atoms with Gasteiger partial charge in [-0.2, -0.15) is 0 Å². The van der Waals surface area contributed by atoms with E-state index in [9.17, 15) is 9.90 Å². The summed E-state index contributed by atoms with van der Waals surface area (Å²) in [6.07, 6.45) is 1.95. The van der Waals surface area contributed by atoms with E-state index >= 15 is 0 Å². The van der Waals surface area contributed by atoms with Crippen molar-refractivity contribution in [2.24, 2.45) is 5.92 Å². The summed E-state index contributed by atoms with van der Waals surface area (Å²) in [6, 6.07) is 7.19. The highest BCUT2D eigenvalue weighted by atomic mass is 16.4. The molecule has 0 aromatic heterocycles. The van der Waals surface area contributed by atoms with Crippen molar-refractivity contribution in [3.05, 3.63) is 35.4 Å². The Morgan fingerprint density at radius 2 is 1.89 bits per heavy atom. The number of carboxylic acid groups (broad SMARTS) is 1. The number of hydrogen-bond donors (Lipinski definition) is 2. The number of hydrogen-bond acceptors (Lipinski definition) is 2. The number of benzene rings is 1. The SMILES string of the molecule is CCc1ccc(C(NCCC(C)C)C(=O)O)cc1. The molecule has 0 aliphatic carbocycles. The summed E-state index contributed by atoms with van der Waals surface area (Å²) >= 11 is 0. The van der Waals surface area contributed by atoms with E-state index in [0.717, 1.165) is 24.9 Å². The molecule has 1 aromatic carbocycles. The topological polar surface area (TPSA) is 49.3 Å². The van der Waals surface area contributed by atoms with E-state index in [-0.39, 0.29) is 0 Å². The molecule has 2 N–H and O–H groups in total. The Labute approximate surface area is 109 Å². The molecule has 0 fully saturated rings. The van der Waals surface area contributed by atoms with Crippen LogP contribution in [0.3, 0.4) is 0 Å². The first kappa shape index (κ1) is 14.7. The fourth-order valence-electron chi connectivity index (χ4n) is 1.81. The summed E-state index contributed by atoms with van der Waals surface area (Å²) in [6.45, 7) is 7.08. The zero-order valence-corrected chi connectivity index (χ0v) is 11.4. The van der Waals surface area contributed by atoms with Crippen LogP contribution in [0.5, 0.6) is 0 Å². The minimum Gasteiger partial charge on any atom is -0.480 e. The molecule has 0 saturated heterocycles. The summed E-state index contributed by atoms with van der Waals surface area (Å²) in [7, 11) is 0. The Balaban J connectivity index is 2.68. The van der Waals surface area contributed by atoms with Crippen LogP contribution in [0.1, 0.15) is 44.4 Å². The third kappa shape index (κ3) is 4.49. The Bertz CT molecular complexity index is 371. The lowest BCUT2D eigenvalue weighted by Crippen LogP contribution is -2.29. The lowest BCUT2D eigenvalue weighted by atomic mass is 10.0. The lowest BCUT2D eigenvalue weighted by molar-refractivity contribution is -0.139. The maximum atomic E-state index is 11.3. The molecule has 0 heterocycles. The van der Waals surface area contributed by atoms with Crippen molar-refractivity contribution < 1.29 is 9.90 Å². The second-order valence-electron chi connectivity index (χ2n) is 5.00. The van der Waals surface area contributed by atoms with Crippen LogP contribution in [0.15, 0.2) is 24.3 Å². The van der Waals surface area contributed by atoms with Crippen LogP contribution in [-0.2, 0) is 11.2 Å². The van der Waals surface area contributed by atoms with Gasteiger partial charge in [-0.25, -0.2) is 0 Å². The van der Waals surface area contributed by atoms with E-state index in [0.29, 0.717) is 5.92 Å². The molecule has 18 heavy (non-hydrogen) atoms. The van der Waals surface area contributed by atoms with Gasteiger partial charge in [0.1, 0.15) is 6.04 Å². The van der Waals surface area contributed by atoms with E-state index in [1.165, 1.54) is 5.56 Å². The zero-order chi connectivity index (χ0) is 13.5. The van der Waals surface area contributed by atoms with Crippen LogP contribution >= 0.6 is 0 Å². The van der Waals surface area contributed by atoms with Gasteiger partial charge < -0.3 is 10.4 Å². The number of carboxylic acids is 1. The van der Waals surface area contributed by atoms with Crippen molar-refractivity contribution in [2.75, 3.05) is 6.54 Å². The third-order valence-electron chi connectivity index (χ3n) is 3.04. The number of carbonyl (C=O) groups is 1. The molecular weight excluding hydrogens is 226 g/mol. The second-order valence-corrected chi connectivity index (χ2v) is 5.00. The minimum atomic E-state index is -0.817. The van der Waals surface area contributed by atoms with Crippen molar-refractivity contribution in [3.63, 3.8) is 0 Å². The molecule has 0 bridgehead atoms. The Morgan fingerprint density at radius 1 is 1.28 bits per heavy atom. The van der Waals surface area contributed by atoms with Crippen LogP contribution in [0.2, 0.25) is 0 Å². The fourth-order valence-corrected chi connectivity index (χ4v) is 1.81. The quantitative estimate of drug-likeness (QED) is 0.781. The molecule has 0 radical (unpaired) electrons. The normalized spacial score (nSPS) is 12.7. The first-order chi connectivity index (χ1) is 8.54. The molecule has 0 spiro atoms. The second kappa shape index (κ2) is 7.17. The Kier molecular flexibility index (Phi) is 5.86. The zero-order valence-electron chi connectivity index (χ0n) is 11.4. The summed E-state index contributed by atoms with van der Waals surface area (Å²) < 4.78 is 0. The number of nitrogens with one attached hydrogen (secondary N) is 1. The lowest BCUT2D eigenvalue weighted by Gasteiger charge is -2.16. The molecule has 1 rings (SSSR count). The van der Waals surface area contributed by atoms with E-state index < -0.39 is 12.0 Å². The molecule has 1 atom stereocenters. The first-order valence-electron chi connectivity index (χ1n) is 6.59. The largest absolute Gasteiger partial charge is 0.480 e. The van der Waals surface area contributed by atoms with Crippen LogP contribution < -0.4 is 5.32 Å². The predicted molar refractivity (Wildman–Crippen MR) is 73.7 cm³/mol. The van der Waals surface area contributed by atoms with Crippen LogP contribution in [0.25, 0.3) is 0 Å². The van der Waals surface area contributed by atoms with E-state index in [1.807, 2.05) is 24.3 Å². The standard InChI is InChI=1S/C15H23NO2/c1-4-12-5-7-13(8-6-12)14(15(17)18)16-10-9-11(2)3/h5-8,11,14,16H,4,9-10H2,1-3H3,(H,17,18). The van der Waals surface area contributed by atoms with Gasteiger partial charge in [0.25, 0.3) is 0 Å². The fraction of sp³-hybridized carbons (Fsp3) is 0.533. The van der Waals surface area contributed by atoms with Crippen molar-refractivity contribution in [1.82, 2.24) is 5.32 Å². The number of aryl methyl sites for hydroxylation is 1. The van der Waals surface area contributed by atoms with E-state index in [4.69, 9.17) is 0 Å². The van der Waals surface area contributed by atoms with Crippen molar-refractivity contribution in [1.29, 1.82) is 0 Å². The highest BCUT2D eigenvalue weighted by molar-refractivity contribution is 5.75. The Morgan fingerprint density at radius 3 is 2.33 bits per heavy atom. The van der Waals surface area contributed by atoms with Crippen LogP contribution in [0.4, 0.5) is 0 Å². The summed E-state index contributed by atoms with van der Waals surface area (Å²) in [5.74, 6) is -0.239. The van der Waals surface area contributed by atoms with Crippen molar-refractivity contribution in [2.45, 2.75) is 39.7 Å². The molecule has 0 amide bonds. The maximum Gasteiger partial charge on any atom is 0.325 e. The average molecular weight is 249 g/mol. The van der Waals surface area contributed by atoms with Gasteiger partial charge in [0.2, 0.25) is 0 Å². The molecule has 1 aromatic rings. The monoisotopic (exact) mass is 249 g/mol. The van der Waals surface area contributed by atoms with Gasteiger partial charge in [-0.1, -0.05) is 45.0 Å². The molecular formula is C15H23NO2. The van der Waals surface area contributed by atoms with Gasteiger partial charge in [-0.15, -0.1) is 0 Å². The number of aliphatic carboxylic acids is 1. The van der Waals surface area contributed by atoms with Crippen LogP contribution in [0, 0.1) is 5.92 Å². The molecule has 3 nitrogen and oxygen atoms in total. The van der Waals surface area contributed by atoms with Crippen molar-refractivity contribution >= 4 is 5.97 Å². The highest BCUT2D eigenvalue weighted by Gasteiger charge is 2.18. The van der Waals surface area contributed by atoms with E-state index in [2.05, 4.69) is 26.1 Å². The van der Waals surface area contributed by atoms with Crippen LogP contribution in [-0.4, -0.2) is 17.6 Å². The van der Waals surface area contributed by atoms with Gasteiger partial charge in [0.15, 0.2) is 0 Å². The molecule has 1 unspecified atom stereocenters. The van der Waals surface area contributed by atoms with Gasteiger partial charge in [-0.05, 0) is 36.4 Å². The maximum absolute atomic E-state index is 11.3. The predicted octanol–water partition coefficient (Wildman–Crippen LogP) is 3.01. The Hall–Kier alpha value is -1.35. The van der Waals surface area contributed by atoms with E-state index in [1.54, 1.807) is 0 Å². The summed E-state index contributed by atoms with van der Waals surface area (Å²) in [4.78, 5) is 11.3. The molecule has 100 valence electrons. The smallest absolute Gasteiger partial charge is 0.325 e. The third-order valence-corrected chi connectivity index (χ3v) is 3.04. The molecule has 0 aliphatic heterocycles. The molecule has 0 saturated carbocycles. The molecule has 3 heteroatoms. The average Bonchev–Trinajstić information content (AvgIpc) is 2.34. The summed E-state index contributed by atoms with van der Waals surface area (Å²) in [5, 5.41) is 12.4. The molecule has 0 aliphatic rings. The van der Waals surface area contributed by atoms with Gasteiger partial charge >= 0.3 is 5.97 Å². The minimum absolute atomic E-state index is 0.578. The van der Waals surface area contributed by atoms with Gasteiger partial charge in [0.05, 0.1) is 0 Å². The number of rotatable bonds is 7. The van der Waals surface area contributed by atoms with Gasteiger partial charge in [0, 0.05) is 0 Å². The van der Waals surface area contributed by atoms with Gasteiger partial charge in [-0.3, -0.25) is 4.79 Å². The first-order valence-corrected chi connectivity index (χ1v) is 6.59. The van der Waals surface area contributed by atoms with Crippen molar-refractivity contribution in [3.8, 4) is 0 Å². The summed E-state index contributed by atoms with van der Waals surface area (Å²) in [5.41, 5.74) is 2.05.